The molecule has 1 aromatic rings. The fourth-order valence-corrected chi connectivity index (χ4v) is 1.38. The molecule has 0 saturated carbocycles. The van der Waals surface area contributed by atoms with Gasteiger partial charge in [0.05, 0.1) is 0 Å². The fraction of sp³-hybridized carbons (Fsp3) is 0.462. The van der Waals surface area contributed by atoms with E-state index in [9.17, 15) is 4.79 Å². The Labute approximate surface area is 102 Å². The lowest BCUT2D eigenvalue weighted by molar-refractivity contribution is -0.127. The first-order valence-corrected chi connectivity index (χ1v) is 5.76. The van der Waals surface area contributed by atoms with Crippen LogP contribution in [0.1, 0.15) is 18.1 Å². The van der Waals surface area contributed by atoms with Crippen LogP contribution in [0, 0.1) is 13.8 Å². The number of hydrogen-bond donors (Lipinski definition) is 2. The number of nitrogens with two attached hydrogens (primary N) is 1. The van der Waals surface area contributed by atoms with E-state index in [0.717, 1.165) is 5.56 Å². The van der Waals surface area contributed by atoms with Gasteiger partial charge in [-0.05, 0) is 44.0 Å². The van der Waals surface area contributed by atoms with Crippen molar-refractivity contribution < 1.29 is 9.53 Å². The SMILES string of the molecule is Cc1ccc(OC(C)C(=O)NCCN)cc1C. The zero-order chi connectivity index (χ0) is 12.8. The van der Waals surface area contributed by atoms with Gasteiger partial charge in [-0.3, -0.25) is 4.79 Å². The van der Waals surface area contributed by atoms with E-state index in [0.29, 0.717) is 18.8 Å². The van der Waals surface area contributed by atoms with Crippen LogP contribution in [0.5, 0.6) is 5.75 Å². The Bertz CT molecular complexity index is 391. The highest BCUT2D eigenvalue weighted by molar-refractivity contribution is 5.80. The molecule has 0 radical (unpaired) electrons. The smallest absolute Gasteiger partial charge is 0.260 e. The Hall–Kier alpha value is -1.55. The van der Waals surface area contributed by atoms with E-state index in [-0.39, 0.29) is 5.91 Å². The van der Waals surface area contributed by atoms with E-state index in [1.165, 1.54) is 5.56 Å². The number of nitrogens with one attached hydrogen (secondary N) is 1. The monoisotopic (exact) mass is 236 g/mol. The van der Waals surface area contributed by atoms with Crippen molar-refractivity contribution in [3.63, 3.8) is 0 Å². The maximum atomic E-state index is 11.6. The van der Waals surface area contributed by atoms with Crippen molar-refractivity contribution in [1.82, 2.24) is 5.32 Å². The largest absolute Gasteiger partial charge is 0.481 e. The topological polar surface area (TPSA) is 64.3 Å². The number of hydrogen-bond acceptors (Lipinski definition) is 3. The van der Waals surface area contributed by atoms with Crippen LogP contribution in [0.25, 0.3) is 0 Å². The van der Waals surface area contributed by atoms with Crippen LogP contribution >= 0.6 is 0 Å². The first kappa shape index (κ1) is 13.5. The number of ether oxygens (including phenoxy) is 1. The van der Waals surface area contributed by atoms with Gasteiger partial charge in [0.15, 0.2) is 6.10 Å². The van der Waals surface area contributed by atoms with Gasteiger partial charge in [-0.1, -0.05) is 6.07 Å². The van der Waals surface area contributed by atoms with Crippen LogP contribution in [-0.4, -0.2) is 25.1 Å². The van der Waals surface area contributed by atoms with Crippen LogP contribution in [0.4, 0.5) is 0 Å². The number of carbonyl (C=O) groups excluding carboxylic acids is 1. The molecule has 0 aliphatic rings. The second-order valence-electron chi connectivity index (χ2n) is 4.09. The summed E-state index contributed by atoms with van der Waals surface area (Å²) in [5.74, 6) is 0.567. The van der Waals surface area contributed by atoms with Gasteiger partial charge in [-0.15, -0.1) is 0 Å². The third-order valence-electron chi connectivity index (χ3n) is 2.60. The maximum absolute atomic E-state index is 11.6. The normalized spacial score (nSPS) is 12.0. The number of carbonyl (C=O) groups is 1. The van der Waals surface area contributed by atoms with E-state index in [4.69, 9.17) is 10.5 Å². The number of aryl methyl sites for hydroxylation is 2. The van der Waals surface area contributed by atoms with Gasteiger partial charge < -0.3 is 15.8 Å². The van der Waals surface area contributed by atoms with E-state index in [1.54, 1.807) is 6.92 Å². The van der Waals surface area contributed by atoms with Crippen LogP contribution in [0.3, 0.4) is 0 Å². The molecular formula is C13H20N2O2. The van der Waals surface area contributed by atoms with Crippen molar-refractivity contribution in [2.45, 2.75) is 26.9 Å². The third kappa shape index (κ3) is 4.07. The van der Waals surface area contributed by atoms with Gasteiger partial charge in [0.2, 0.25) is 0 Å². The summed E-state index contributed by atoms with van der Waals surface area (Å²) < 4.78 is 5.56. The molecular weight excluding hydrogens is 216 g/mol. The van der Waals surface area contributed by atoms with Gasteiger partial charge in [0, 0.05) is 13.1 Å². The van der Waals surface area contributed by atoms with Gasteiger partial charge in [0.1, 0.15) is 5.75 Å². The molecule has 0 aliphatic carbocycles. The van der Waals surface area contributed by atoms with Crippen molar-refractivity contribution in [2.75, 3.05) is 13.1 Å². The molecule has 0 aliphatic heterocycles. The van der Waals surface area contributed by atoms with Crippen LogP contribution in [0.2, 0.25) is 0 Å². The Morgan fingerprint density at radius 2 is 2.12 bits per heavy atom. The molecule has 1 rings (SSSR count). The molecule has 0 bridgehead atoms. The molecule has 3 N–H and O–H groups in total. The zero-order valence-corrected chi connectivity index (χ0v) is 10.6. The first-order chi connectivity index (χ1) is 8.04. The van der Waals surface area contributed by atoms with E-state index >= 15 is 0 Å². The van der Waals surface area contributed by atoms with Crippen molar-refractivity contribution in [3.8, 4) is 5.75 Å². The summed E-state index contributed by atoms with van der Waals surface area (Å²) >= 11 is 0. The number of benzene rings is 1. The quantitative estimate of drug-likeness (QED) is 0.806. The zero-order valence-electron chi connectivity index (χ0n) is 10.6. The molecule has 0 heterocycles. The summed E-state index contributed by atoms with van der Waals surface area (Å²) in [6.07, 6.45) is -0.511. The number of amides is 1. The third-order valence-corrected chi connectivity index (χ3v) is 2.60. The molecule has 1 aromatic carbocycles. The van der Waals surface area contributed by atoms with E-state index < -0.39 is 6.10 Å². The van der Waals surface area contributed by atoms with Crippen molar-refractivity contribution >= 4 is 5.91 Å². The van der Waals surface area contributed by atoms with Crippen molar-refractivity contribution in [3.05, 3.63) is 29.3 Å². The Kier molecular flexibility index (Phi) is 4.97. The second kappa shape index (κ2) is 6.25. The molecule has 0 aromatic heterocycles. The molecule has 0 fully saturated rings. The van der Waals surface area contributed by atoms with Gasteiger partial charge in [0.25, 0.3) is 5.91 Å². The predicted molar refractivity (Wildman–Crippen MR) is 68.1 cm³/mol. The lowest BCUT2D eigenvalue weighted by Gasteiger charge is -2.15. The average molecular weight is 236 g/mol. The molecule has 17 heavy (non-hydrogen) atoms. The lowest BCUT2D eigenvalue weighted by atomic mass is 10.1. The van der Waals surface area contributed by atoms with Gasteiger partial charge in [-0.25, -0.2) is 0 Å². The highest BCUT2D eigenvalue weighted by atomic mass is 16.5. The van der Waals surface area contributed by atoms with Crippen LogP contribution in [-0.2, 0) is 4.79 Å². The van der Waals surface area contributed by atoms with Gasteiger partial charge >= 0.3 is 0 Å². The van der Waals surface area contributed by atoms with Crippen LogP contribution < -0.4 is 15.8 Å². The molecule has 0 spiro atoms. The van der Waals surface area contributed by atoms with Gasteiger partial charge in [-0.2, -0.15) is 0 Å². The van der Waals surface area contributed by atoms with Crippen molar-refractivity contribution in [1.29, 1.82) is 0 Å². The summed E-state index contributed by atoms with van der Waals surface area (Å²) in [4.78, 5) is 11.6. The fourth-order valence-electron chi connectivity index (χ4n) is 1.38. The summed E-state index contributed by atoms with van der Waals surface area (Å²) in [7, 11) is 0. The average Bonchev–Trinajstić information content (AvgIpc) is 2.30. The van der Waals surface area contributed by atoms with Crippen LogP contribution in [0.15, 0.2) is 18.2 Å². The highest BCUT2D eigenvalue weighted by Gasteiger charge is 2.13. The Balaban J connectivity index is 2.58. The molecule has 0 saturated heterocycles. The molecule has 4 heteroatoms. The summed E-state index contributed by atoms with van der Waals surface area (Å²) in [5, 5.41) is 2.69. The molecule has 1 unspecified atom stereocenters. The first-order valence-electron chi connectivity index (χ1n) is 5.76. The molecule has 4 nitrogen and oxygen atoms in total. The minimum absolute atomic E-state index is 0.145. The molecule has 94 valence electrons. The Morgan fingerprint density at radius 3 is 2.71 bits per heavy atom. The molecule has 1 atom stereocenters. The van der Waals surface area contributed by atoms with E-state index in [1.807, 2.05) is 32.0 Å². The standard InChI is InChI=1S/C13H20N2O2/c1-9-4-5-12(8-10(9)2)17-11(3)13(16)15-7-6-14/h4-5,8,11H,6-7,14H2,1-3H3,(H,15,16). The minimum atomic E-state index is -0.511. The summed E-state index contributed by atoms with van der Waals surface area (Å²) in [5.41, 5.74) is 7.67. The molecule has 1 amide bonds. The minimum Gasteiger partial charge on any atom is -0.481 e. The number of rotatable bonds is 5. The second-order valence-corrected chi connectivity index (χ2v) is 4.09. The predicted octanol–water partition coefficient (Wildman–Crippen LogP) is 1.15. The van der Waals surface area contributed by atoms with E-state index in [2.05, 4.69) is 5.32 Å². The summed E-state index contributed by atoms with van der Waals surface area (Å²) in [6, 6.07) is 5.78. The lowest BCUT2D eigenvalue weighted by Crippen LogP contribution is -2.38. The Morgan fingerprint density at radius 1 is 1.41 bits per heavy atom. The summed E-state index contributed by atoms with van der Waals surface area (Å²) in [6.45, 7) is 6.68. The van der Waals surface area contributed by atoms with Crippen molar-refractivity contribution in [2.24, 2.45) is 5.73 Å². The maximum Gasteiger partial charge on any atom is 0.260 e. The highest BCUT2D eigenvalue weighted by Crippen LogP contribution is 2.17.